The van der Waals surface area contributed by atoms with Gasteiger partial charge in [0.25, 0.3) is 0 Å². The standard InChI is InChI=1S/C15H22N2O/c1-14(17(4)5)11-15(14,13(18)16(2)3)12-9-7-6-8-10-12/h6-10H,11H2,1-5H3. The molecule has 98 valence electrons. The maximum absolute atomic E-state index is 12.6. The van der Waals surface area contributed by atoms with Crippen LogP contribution in [0.15, 0.2) is 30.3 Å². The summed E-state index contributed by atoms with van der Waals surface area (Å²) in [6.45, 7) is 2.17. The zero-order valence-corrected chi connectivity index (χ0v) is 11.9. The molecule has 1 aliphatic carbocycles. The Bertz CT molecular complexity index is 455. The third-order valence-electron chi connectivity index (χ3n) is 4.43. The average molecular weight is 246 g/mol. The van der Waals surface area contributed by atoms with Crippen LogP contribution in [0.1, 0.15) is 18.9 Å². The Morgan fingerprint density at radius 2 is 1.67 bits per heavy atom. The Hall–Kier alpha value is -1.35. The molecule has 0 saturated heterocycles. The number of amides is 1. The molecule has 1 saturated carbocycles. The van der Waals surface area contributed by atoms with Crippen molar-refractivity contribution in [2.75, 3.05) is 28.2 Å². The van der Waals surface area contributed by atoms with Crippen molar-refractivity contribution in [2.45, 2.75) is 24.3 Å². The van der Waals surface area contributed by atoms with E-state index in [4.69, 9.17) is 0 Å². The molecule has 0 radical (unpaired) electrons. The summed E-state index contributed by atoms with van der Waals surface area (Å²) in [6.07, 6.45) is 0.883. The van der Waals surface area contributed by atoms with Gasteiger partial charge in [0.15, 0.2) is 0 Å². The zero-order chi connectivity index (χ0) is 13.6. The van der Waals surface area contributed by atoms with Crippen LogP contribution in [-0.2, 0) is 10.2 Å². The first kappa shape index (κ1) is 13.1. The van der Waals surface area contributed by atoms with E-state index in [9.17, 15) is 4.79 Å². The summed E-state index contributed by atoms with van der Waals surface area (Å²) >= 11 is 0. The van der Waals surface area contributed by atoms with Crippen LogP contribution in [-0.4, -0.2) is 49.4 Å². The number of benzene rings is 1. The van der Waals surface area contributed by atoms with Crippen LogP contribution in [0, 0.1) is 0 Å². The van der Waals surface area contributed by atoms with Gasteiger partial charge in [-0.25, -0.2) is 0 Å². The summed E-state index contributed by atoms with van der Waals surface area (Å²) in [5, 5.41) is 0. The average Bonchev–Trinajstić information content (AvgIpc) is 2.99. The smallest absolute Gasteiger partial charge is 0.234 e. The minimum atomic E-state index is -0.388. The van der Waals surface area contributed by atoms with E-state index < -0.39 is 0 Å². The molecule has 3 nitrogen and oxygen atoms in total. The van der Waals surface area contributed by atoms with Crippen molar-refractivity contribution < 1.29 is 4.79 Å². The topological polar surface area (TPSA) is 23.6 Å². The molecule has 1 fully saturated rings. The first-order valence-electron chi connectivity index (χ1n) is 6.31. The SMILES string of the molecule is CN(C)C(=O)C1(c2ccccc2)CC1(C)N(C)C. The molecule has 0 heterocycles. The van der Waals surface area contributed by atoms with Crippen molar-refractivity contribution in [3.63, 3.8) is 0 Å². The Labute approximate surface area is 109 Å². The molecular weight excluding hydrogens is 224 g/mol. The maximum atomic E-state index is 12.6. The lowest BCUT2D eigenvalue weighted by Gasteiger charge is -2.30. The number of hydrogen-bond acceptors (Lipinski definition) is 2. The molecule has 1 aliphatic rings. The van der Waals surface area contributed by atoms with Gasteiger partial charge in [-0.2, -0.15) is 0 Å². The predicted molar refractivity (Wildman–Crippen MR) is 73.5 cm³/mol. The summed E-state index contributed by atoms with van der Waals surface area (Å²) in [5.41, 5.74) is 0.650. The van der Waals surface area contributed by atoms with E-state index >= 15 is 0 Å². The lowest BCUT2D eigenvalue weighted by atomic mass is 9.89. The third kappa shape index (κ3) is 1.57. The van der Waals surface area contributed by atoms with Crippen LogP contribution >= 0.6 is 0 Å². The van der Waals surface area contributed by atoms with E-state index in [1.807, 2.05) is 46.4 Å². The van der Waals surface area contributed by atoms with E-state index in [1.165, 1.54) is 0 Å². The van der Waals surface area contributed by atoms with Gasteiger partial charge in [-0.1, -0.05) is 30.3 Å². The van der Waals surface area contributed by atoms with Crippen LogP contribution in [0.2, 0.25) is 0 Å². The second-order valence-electron chi connectivity index (χ2n) is 5.82. The second-order valence-corrected chi connectivity index (χ2v) is 5.82. The Kier molecular flexibility index (Phi) is 2.98. The van der Waals surface area contributed by atoms with Gasteiger partial charge in [0.1, 0.15) is 0 Å². The van der Waals surface area contributed by atoms with E-state index in [-0.39, 0.29) is 16.9 Å². The highest BCUT2D eigenvalue weighted by Gasteiger charge is 2.71. The fourth-order valence-corrected chi connectivity index (χ4v) is 2.96. The lowest BCUT2D eigenvalue weighted by molar-refractivity contribution is -0.132. The molecular formula is C15H22N2O. The lowest BCUT2D eigenvalue weighted by Crippen LogP contribution is -2.44. The highest BCUT2D eigenvalue weighted by molar-refractivity contribution is 5.94. The molecule has 0 spiro atoms. The number of likely N-dealkylation sites (N-methyl/N-ethyl adjacent to an activating group) is 2. The predicted octanol–water partition coefficient (Wildman–Crippen LogP) is 1.74. The molecule has 2 atom stereocenters. The minimum Gasteiger partial charge on any atom is -0.348 e. The number of nitrogens with zero attached hydrogens (tertiary/aromatic N) is 2. The monoisotopic (exact) mass is 246 g/mol. The van der Waals surface area contributed by atoms with E-state index in [2.05, 4.69) is 24.0 Å². The van der Waals surface area contributed by atoms with Crippen molar-refractivity contribution >= 4 is 5.91 Å². The summed E-state index contributed by atoms with van der Waals surface area (Å²) in [4.78, 5) is 16.5. The molecule has 0 N–H and O–H groups in total. The van der Waals surface area contributed by atoms with Gasteiger partial charge >= 0.3 is 0 Å². The molecule has 2 unspecified atom stereocenters. The van der Waals surface area contributed by atoms with Gasteiger partial charge in [-0.05, 0) is 33.0 Å². The van der Waals surface area contributed by atoms with Gasteiger partial charge in [0.05, 0.1) is 5.41 Å². The molecule has 2 rings (SSSR count). The molecule has 0 bridgehead atoms. The number of carbonyl (C=O) groups is 1. The van der Waals surface area contributed by atoms with Gasteiger partial charge in [-0.15, -0.1) is 0 Å². The van der Waals surface area contributed by atoms with Crippen LogP contribution in [0.25, 0.3) is 0 Å². The number of carbonyl (C=O) groups excluding carboxylic acids is 1. The zero-order valence-electron chi connectivity index (χ0n) is 11.9. The summed E-state index contributed by atoms with van der Waals surface area (Å²) in [7, 11) is 7.77. The molecule has 1 amide bonds. The number of rotatable bonds is 3. The first-order chi connectivity index (χ1) is 8.36. The minimum absolute atomic E-state index is 0.0876. The van der Waals surface area contributed by atoms with Crippen LogP contribution < -0.4 is 0 Å². The first-order valence-corrected chi connectivity index (χ1v) is 6.31. The molecule has 1 aromatic rings. The van der Waals surface area contributed by atoms with E-state index in [1.54, 1.807) is 4.90 Å². The molecule has 3 heteroatoms. The molecule has 0 aliphatic heterocycles. The Morgan fingerprint density at radius 1 is 1.11 bits per heavy atom. The van der Waals surface area contributed by atoms with Gasteiger partial charge in [0.2, 0.25) is 5.91 Å². The van der Waals surface area contributed by atoms with Crippen LogP contribution in [0.3, 0.4) is 0 Å². The molecule has 1 aromatic carbocycles. The maximum Gasteiger partial charge on any atom is 0.234 e. The van der Waals surface area contributed by atoms with Crippen molar-refractivity contribution in [3.05, 3.63) is 35.9 Å². The fraction of sp³-hybridized carbons (Fsp3) is 0.533. The molecule has 18 heavy (non-hydrogen) atoms. The van der Waals surface area contributed by atoms with Crippen LogP contribution in [0.5, 0.6) is 0 Å². The van der Waals surface area contributed by atoms with E-state index in [0.717, 1.165) is 12.0 Å². The largest absolute Gasteiger partial charge is 0.348 e. The van der Waals surface area contributed by atoms with Gasteiger partial charge in [-0.3, -0.25) is 4.79 Å². The van der Waals surface area contributed by atoms with Gasteiger partial charge < -0.3 is 9.80 Å². The quantitative estimate of drug-likeness (QED) is 0.811. The summed E-state index contributed by atoms with van der Waals surface area (Å²) in [5.74, 6) is 0.199. The normalized spacial score (nSPS) is 30.3. The highest BCUT2D eigenvalue weighted by Crippen LogP contribution is 2.60. The fourth-order valence-electron chi connectivity index (χ4n) is 2.96. The molecule has 0 aromatic heterocycles. The van der Waals surface area contributed by atoms with Gasteiger partial charge in [0, 0.05) is 19.6 Å². The van der Waals surface area contributed by atoms with E-state index in [0.29, 0.717) is 0 Å². The second kappa shape index (κ2) is 4.09. The summed E-state index contributed by atoms with van der Waals surface area (Å²) < 4.78 is 0. The summed E-state index contributed by atoms with van der Waals surface area (Å²) in [6, 6.07) is 10.1. The van der Waals surface area contributed by atoms with Crippen molar-refractivity contribution in [2.24, 2.45) is 0 Å². The number of hydrogen-bond donors (Lipinski definition) is 0. The van der Waals surface area contributed by atoms with Crippen molar-refractivity contribution in [3.8, 4) is 0 Å². The Balaban J connectivity index is 2.49. The third-order valence-corrected chi connectivity index (χ3v) is 4.43. The Morgan fingerprint density at radius 3 is 2.06 bits per heavy atom. The van der Waals surface area contributed by atoms with Crippen molar-refractivity contribution in [1.29, 1.82) is 0 Å². The highest BCUT2D eigenvalue weighted by atomic mass is 16.2. The van der Waals surface area contributed by atoms with Crippen molar-refractivity contribution in [1.82, 2.24) is 9.80 Å². The van der Waals surface area contributed by atoms with Crippen LogP contribution in [0.4, 0.5) is 0 Å².